The van der Waals surface area contributed by atoms with Crippen LogP contribution in [0.25, 0.3) is 0 Å². The molecule has 0 aliphatic heterocycles. The number of para-hydroxylation sites is 1. The van der Waals surface area contributed by atoms with Crippen molar-refractivity contribution in [2.45, 2.75) is 20.8 Å². The van der Waals surface area contributed by atoms with Gasteiger partial charge in [0, 0.05) is 5.56 Å². The van der Waals surface area contributed by atoms with Gasteiger partial charge >= 0.3 is 0 Å². The lowest BCUT2D eigenvalue weighted by Crippen LogP contribution is -2.10. The summed E-state index contributed by atoms with van der Waals surface area (Å²) in [5, 5.41) is 0. The van der Waals surface area contributed by atoms with Crippen LogP contribution >= 0.6 is 0 Å². The first-order valence-corrected chi connectivity index (χ1v) is 6.78. The number of nitrogens with two attached hydrogens (primary N) is 1. The molecule has 0 saturated heterocycles. The maximum absolute atomic E-state index is 13.4. The molecule has 0 fully saturated rings. The van der Waals surface area contributed by atoms with Crippen LogP contribution in [-0.2, 0) is 0 Å². The summed E-state index contributed by atoms with van der Waals surface area (Å²) in [4.78, 5) is 12.8. The fourth-order valence-electron chi connectivity index (χ4n) is 2.44. The molecule has 0 atom stereocenters. The Bertz CT molecular complexity index is 672. The molecule has 0 saturated carbocycles. The van der Waals surface area contributed by atoms with E-state index in [9.17, 15) is 9.18 Å². The normalized spacial score (nSPS) is 10.5. The SMILES string of the molecule is CCOc1c(N)cccc1C(=O)c1c(C)cc(F)cc1C. The molecule has 2 rings (SSSR count). The lowest BCUT2D eigenvalue weighted by atomic mass is 9.94. The van der Waals surface area contributed by atoms with Gasteiger partial charge in [0.15, 0.2) is 11.5 Å². The molecule has 0 amide bonds. The summed E-state index contributed by atoms with van der Waals surface area (Å²) in [6, 6.07) is 7.77. The zero-order valence-electron chi connectivity index (χ0n) is 12.4. The predicted molar refractivity (Wildman–Crippen MR) is 81.3 cm³/mol. The number of rotatable bonds is 4. The number of ketones is 1. The zero-order valence-corrected chi connectivity index (χ0v) is 12.4. The lowest BCUT2D eigenvalue weighted by molar-refractivity contribution is 0.103. The first kappa shape index (κ1) is 15.0. The van der Waals surface area contributed by atoms with Crippen molar-refractivity contribution in [2.24, 2.45) is 0 Å². The highest BCUT2D eigenvalue weighted by Gasteiger charge is 2.20. The minimum Gasteiger partial charge on any atom is -0.491 e. The molecule has 110 valence electrons. The Morgan fingerprint density at radius 3 is 2.43 bits per heavy atom. The van der Waals surface area contributed by atoms with E-state index in [-0.39, 0.29) is 11.6 Å². The van der Waals surface area contributed by atoms with E-state index >= 15 is 0 Å². The molecule has 0 aliphatic carbocycles. The smallest absolute Gasteiger partial charge is 0.197 e. The number of hydrogen-bond acceptors (Lipinski definition) is 3. The molecular formula is C17H18FNO2. The van der Waals surface area contributed by atoms with E-state index < -0.39 is 0 Å². The first-order valence-electron chi connectivity index (χ1n) is 6.78. The number of carbonyl (C=O) groups excluding carboxylic acids is 1. The van der Waals surface area contributed by atoms with Crippen molar-refractivity contribution in [3.8, 4) is 5.75 Å². The van der Waals surface area contributed by atoms with Crippen LogP contribution in [0.2, 0.25) is 0 Å². The maximum Gasteiger partial charge on any atom is 0.197 e. The third-order valence-electron chi connectivity index (χ3n) is 3.30. The van der Waals surface area contributed by atoms with Gasteiger partial charge in [0.25, 0.3) is 0 Å². The summed E-state index contributed by atoms with van der Waals surface area (Å²) in [6.07, 6.45) is 0. The quantitative estimate of drug-likeness (QED) is 0.689. The molecule has 0 unspecified atom stereocenters. The minimum absolute atomic E-state index is 0.208. The molecule has 0 radical (unpaired) electrons. The largest absolute Gasteiger partial charge is 0.491 e. The van der Waals surface area contributed by atoms with Crippen molar-refractivity contribution < 1.29 is 13.9 Å². The Kier molecular flexibility index (Phi) is 4.26. The van der Waals surface area contributed by atoms with Crippen molar-refractivity contribution in [3.63, 3.8) is 0 Å². The fraction of sp³-hybridized carbons (Fsp3) is 0.235. The molecule has 0 spiro atoms. The maximum atomic E-state index is 13.4. The number of benzene rings is 2. The van der Waals surface area contributed by atoms with E-state index in [1.807, 2.05) is 6.92 Å². The van der Waals surface area contributed by atoms with E-state index in [4.69, 9.17) is 10.5 Å². The molecule has 2 aromatic carbocycles. The van der Waals surface area contributed by atoms with Gasteiger partial charge in [0.1, 0.15) is 5.82 Å². The van der Waals surface area contributed by atoms with Crippen molar-refractivity contribution in [2.75, 3.05) is 12.3 Å². The van der Waals surface area contributed by atoms with Gasteiger partial charge in [-0.15, -0.1) is 0 Å². The van der Waals surface area contributed by atoms with Crippen molar-refractivity contribution in [1.82, 2.24) is 0 Å². The van der Waals surface area contributed by atoms with E-state index in [2.05, 4.69) is 0 Å². The third-order valence-corrected chi connectivity index (χ3v) is 3.30. The second kappa shape index (κ2) is 5.95. The molecule has 2 N–H and O–H groups in total. The van der Waals surface area contributed by atoms with Crippen LogP contribution in [-0.4, -0.2) is 12.4 Å². The number of hydrogen-bond donors (Lipinski definition) is 1. The van der Waals surface area contributed by atoms with Crippen LogP contribution in [0.4, 0.5) is 10.1 Å². The Hall–Kier alpha value is -2.36. The van der Waals surface area contributed by atoms with Crippen LogP contribution in [0.15, 0.2) is 30.3 Å². The monoisotopic (exact) mass is 287 g/mol. The highest BCUT2D eigenvalue weighted by Crippen LogP contribution is 2.30. The van der Waals surface area contributed by atoms with Crippen LogP contribution in [0.3, 0.4) is 0 Å². The molecule has 0 heterocycles. The minimum atomic E-state index is -0.348. The van der Waals surface area contributed by atoms with Gasteiger partial charge in [-0.2, -0.15) is 0 Å². The van der Waals surface area contributed by atoms with E-state index in [0.717, 1.165) is 0 Å². The van der Waals surface area contributed by atoms with Gasteiger partial charge in [-0.05, 0) is 56.2 Å². The summed E-state index contributed by atoms with van der Waals surface area (Å²) in [5.74, 6) is -0.173. The van der Waals surface area contributed by atoms with E-state index in [1.165, 1.54) is 12.1 Å². The summed E-state index contributed by atoms with van der Waals surface area (Å²) in [6.45, 7) is 5.68. The van der Waals surface area contributed by atoms with Gasteiger partial charge < -0.3 is 10.5 Å². The Balaban J connectivity index is 2.58. The van der Waals surface area contributed by atoms with Crippen molar-refractivity contribution in [3.05, 3.63) is 58.4 Å². The molecule has 0 bridgehead atoms. The molecule has 0 aliphatic rings. The Morgan fingerprint density at radius 2 is 1.86 bits per heavy atom. The number of nitrogen functional groups attached to an aromatic ring is 1. The van der Waals surface area contributed by atoms with Crippen LogP contribution in [0, 0.1) is 19.7 Å². The number of aryl methyl sites for hydroxylation is 2. The molecule has 3 nitrogen and oxygen atoms in total. The topological polar surface area (TPSA) is 52.3 Å². The number of carbonyl (C=O) groups is 1. The van der Waals surface area contributed by atoms with Crippen LogP contribution < -0.4 is 10.5 Å². The molecule has 2 aromatic rings. The average molecular weight is 287 g/mol. The average Bonchev–Trinajstić information content (AvgIpc) is 2.40. The summed E-state index contributed by atoms with van der Waals surface area (Å²) >= 11 is 0. The molecule has 21 heavy (non-hydrogen) atoms. The van der Waals surface area contributed by atoms with Crippen LogP contribution in [0.5, 0.6) is 5.75 Å². The molecule has 4 heteroatoms. The van der Waals surface area contributed by atoms with Crippen LogP contribution in [0.1, 0.15) is 34.0 Å². The van der Waals surface area contributed by atoms with Crippen molar-refractivity contribution >= 4 is 11.5 Å². The zero-order chi connectivity index (χ0) is 15.6. The highest BCUT2D eigenvalue weighted by atomic mass is 19.1. The van der Waals surface area contributed by atoms with E-state index in [0.29, 0.717) is 40.3 Å². The summed E-state index contributed by atoms with van der Waals surface area (Å²) < 4.78 is 18.9. The highest BCUT2D eigenvalue weighted by molar-refractivity contribution is 6.13. The molecule has 0 aromatic heterocycles. The number of halogens is 1. The van der Waals surface area contributed by atoms with E-state index in [1.54, 1.807) is 32.0 Å². The summed E-state index contributed by atoms with van der Waals surface area (Å²) in [5.41, 5.74) is 8.39. The Morgan fingerprint density at radius 1 is 1.24 bits per heavy atom. The lowest BCUT2D eigenvalue weighted by Gasteiger charge is -2.14. The van der Waals surface area contributed by atoms with Gasteiger partial charge in [-0.1, -0.05) is 6.07 Å². The van der Waals surface area contributed by atoms with Gasteiger partial charge in [0.2, 0.25) is 0 Å². The van der Waals surface area contributed by atoms with Crippen molar-refractivity contribution in [1.29, 1.82) is 0 Å². The second-order valence-corrected chi connectivity index (χ2v) is 4.90. The number of anilines is 1. The molecular weight excluding hydrogens is 269 g/mol. The third kappa shape index (κ3) is 2.89. The Labute approximate surface area is 123 Å². The van der Waals surface area contributed by atoms with Gasteiger partial charge in [0.05, 0.1) is 17.9 Å². The van der Waals surface area contributed by atoms with Gasteiger partial charge in [-0.3, -0.25) is 4.79 Å². The summed E-state index contributed by atoms with van der Waals surface area (Å²) in [7, 11) is 0. The second-order valence-electron chi connectivity index (χ2n) is 4.90. The predicted octanol–water partition coefficient (Wildman–Crippen LogP) is 3.65. The standard InChI is InChI=1S/C17H18FNO2/c1-4-21-17-13(6-5-7-14(17)19)16(20)15-10(2)8-12(18)9-11(15)3/h5-9H,4,19H2,1-3H3. The van der Waals surface area contributed by atoms with Gasteiger partial charge in [-0.25, -0.2) is 4.39 Å². The first-order chi connectivity index (χ1) is 9.95. The fourth-order valence-corrected chi connectivity index (χ4v) is 2.44. The number of ether oxygens (including phenoxy) is 1.